The van der Waals surface area contributed by atoms with Gasteiger partial charge in [-0.15, -0.1) is 0 Å². The molecule has 116 valence electrons. The summed E-state index contributed by atoms with van der Waals surface area (Å²) >= 11 is 0. The molecule has 0 saturated heterocycles. The molecule has 0 bridgehead atoms. The first-order valence-corrected chi connectivity index (χ1v) is 6.85. The number of hydrogen-bond donors (Lipinski definition) is 1. The van der Waals surface area contributed by atoms with Crippen molar-refractivity contribution in [1.29, 1.82) is 0 Å². The van der Waals surface area contributed by atoms with Gasteiger partial charge in [-0.3, -0.25) is 9.78 Å². The van der Waals surface area contributed by atoms with Crippen molar-refractivity contribution in [3.63, 3.8) is 0 Å². The molecule has 2 heterocycles. The van der Waals surface area contributed by atoms with Gasteiger partial charge < -0.3 is 19.5 Å². The molecule has 0 fully saturated rings. The monoisotopic (exact) mass is 311 g/mol. The smallest absolute Gasteiger partial charge is 0.272 e. The van der Waals surface area contributed by atoms with E-state index in [1.54, 1.807) is 18.2 Å². The third-order valence-corrected chi connectivity index (χ3v) is 2.91. The van der Waals surface area contributed by atoms with Crippen LogP contribution in [0.5, 0.6) is 17.2 Å². The van der Waals surface area contributed by atoms with Crippen molar-refractivity contribution in [3.8, 4) is 29.1 Å². The Bertz CT molecular complexity index is 753. The van der Waals surface area contributed by atoms with Gasteiger partial charge in [0.25, 0.3) is 5.91 Å². The highest BCUT2D eigenvalue weighted by Crippen LogP contribution is 2.34. The van der Waals surface area contributed by atoms with E-state index in [0.717, 1.165) is 0 Å². The van der Waals surface area contributed by atoms with E-state index < -0.39 is 0 Å². The van der Waals surface area contributed by atoms with E-state index in [-0.39, 0.29) is 31.5 Å². The third-order valence-electron chi connectivity index (χ3n) is 2.91. The Morgan fingerprint density at radius 1 is 1.26 bits per heavy atom. The zero-order valence-electron chi connectivity index (χ0n) is 12.1. The Morgan fingerprint density at radius 2 is 2.17 bits per heavy atom. The van der Waals surface area contributed by atoms with E-state index in [1.165, 1.54) is 18.6 Å². The molecule has 0 unspecified atom stereocenters. The second kappa shape index (κ2) is 7.13. The van der Waals surface area contributed by atoms with Crippen LogP contribution in [0.15, 0.2) is 36.8 Å². The molecule has 23 heavy (non-hydrogen) atoms. The van der Waals surface area contributed by atoms with Gasteiger partial charge in [0.15, 0.2) is 11.5 Å². The summed E-state index contributed by atoms with van der Waals surface area (Å²) in [6.07, 6.45) is 4.36. The standard InChI is InChI=1S/C16H13N3O4/c20-16(13-10-17-6-7-18-13)19-5-1-2-8-21-12-3-4-14-15(9-12)23-11-22-14/h3-4,6-7,9-10H,5,8,11H2,(H,19,20). The molecule has 0 spiro atoms. The van der Waals surface area contributed by atoms with Crippen molar-refractivity contribution < 1.29 is 19.0 Å². The zero-order valence-corrected chi connectivity index (χ0v) is 12.1. The molecular weight excluding hydrogens is 298 g/mol. The Kier molecular flexibility index (Phi) is 4.55. The van der Waals surface area contributed by atoms with Crippen molar-refractivity contribution in [2.24, 2.45) is 0 Å². The number of benzene rings is 1. The number of carbonyl (C=O) groups excluding carboxylic acids is 1. The number of carbonyl (C=O) groups is 1. The van der Waals surface area contributed by atoms with Gasteiger partial charge in [0.05, 0.1) is 12.7 Å². The fourth-order valence-electron chi connectivity index (χ4n) is 1.83. The molecule has 7 nitrogen and oxygen atoms in total. The Hall–Kier alpha value is -3.27. The summed E-state index contributed by atoms with van der Waals surface area (Å²) in [5.74, 6) is 7.30. The minimum absolute atomic E-state index is 0.208. The molecule has 0 saturated carbocycles. The molecular formula is C16H13N3O4. The first-order chi connectivity index (χ1) is 11.3. The molecule has 1 aliphatic heterocycles. The van der Waals surface area contributed by atoms with Crippen LogP contribution in [0.2, 0.25) is 0 Å². The van der Waals surface area contributed by atoms with Crippen LogP contribution in [-0.2, 0) is 0 Å². The van der Waals surface area contributed by atoms with Gasteiger partial charge >= 0.3 is 0 Å². The maximum Gasteiger partial charge on any atom is 0.272 e. The molecule has 1 aromatic heterocycles. The van der Waals surface area contributed by atoms with E-state index in [0.29, 0.717) is 17.2 Å². The van der Waals surface area contributed by atoms with Crippen LogP contribution >= 0.6 is 0 Å². The molecule has 0 aliphatic carbocycles. The average molecular weight is 311 g/mol. The van der Waals surface area contributed by atoms with Crippen LogP contribution in [0.3, 0.4) is 0 Å². The number of hydrogen-bond acceptors (Lipinski definition) is 6. The summed E-state index contributed by atoms with van der Waals surface area (Å²) in [4.78, 5) is 19.4. The molecule has 1 aliphatic rings. The van der Waals surface area contributed by atoms with Crippen LogP contribution in [0.1, 0.15) is 10.5 Å². The number of amides is 1. The molecule has 2 aromatic rings. The largest absolute Gasteiger partial charge is 0.481 e. The maximum atomic E-state index is 11.7. The molecule has 0 radical (unpaired) electrons. The summed E-state index contributed by atoms with van der Waals surface area (Å²) in [6.45, 7) is 0.643. The average Bonchev–Trinajstić information content (AvgIpc) is 3.06. The summed E-state index contributed by atoms with van der Waals surface area (Å²) in [5, 5.41) is 2.62. The second-order valence-electron chi connectivity index (χ2n) is 4.43. The Labute approximate surface area is 132 Å². The van der Waals surface area contributed by atoms with E-state index in [2.05, 4.69) is 27.1 Å². The van der Waals surface area contributed by atoms with Crippen molar-refractivity contribution in [2.75, 3.05) is 19.9 Å². The number of aromatic nitrogens is 2. The van der Waals surface area contributed by atoms with E-state index in [9.17, 15) is 4.79 Å². The quantitative estimate of drug-likeness (QED) is 0.849. The first kappa shape index (κ1) is 14.7. The van der Waals surface area contributed by atoms with Gasteiger partial charge in [-0.2, -0.15) is 0 Å². The summed E-state index contributed by atoms with van der Waals surface area (Å²) in [6, 6.07) is 5.32. The lowest BCUT2D eigenvalue weighted by atomic mass is 10.3. The lowest BCUT2D eigenvalue weighted by molar-refractivity contribution is 0.0953. The lowest BCUT2D eigenvalue weighted by Crippen LogP contribution is -2.24. The van der Waals surface area contributed by atoms with Crippen molar-refractivity contribution in [3.05, 3.63) is 42.5 Å². The summed E-state index contributed by atoms with van der Waals surface area (Å²) in [5.41, 5.74) is 0.255. The van der Waals surface area contributed by atoms with Crippen LogP contribution in [0, 0.1) is 11.8 Å². The SMILES string of the molecule is O=C(NCC#CCOc1ccc2c(c1)OCO2)c1cnccn1. The second-order valence-corrected chi connectivity index (χ2v) is 4.43. The number of rotatable bonds is 4. The van der Waals surface area contributed by atoms with Gasteiger partial charge in [-0.1, -0.05) is 11.8 Å². The highest BCUT2D eigenvalue weighted by molar-refractivity contribution is 5.91. The van der Waals surface area contributed by atoms with Gasteiger partial charge in [0, 0.05) is 18.5 Å². The molecule has 3 rings (SSSR count). The highest BCUT2D eigenvalue weighted by Gasteiger charge is 2.13. The van der Waals surface area contributed by atoms with Crippen molar-refractivity contribution >= 4 is 5.91 Å². The summed E-state index contributed by atoms with van der Waals surface area (Å²) in [7, 11) is 0. The predicted octanol–water partition coefficient (Wildman–Crippen LogP) is 1.02. The number of nitrogens with zero attached hydrogens (tertiary/aromatic N) is 2. The van der Waals surface area contributed by atoms with Crippen molar-refractivity contribution in [1.82, 2.24) is 15.3 Å². The fraction of sp³-hybridized carbons (Fsp3) is 0.188. The number of nitrogens with one attached hydrogen (secondary N) is 1. The molecule has 7 heteroatoms. The number of fused-ring (bicyclic) bond motifs is 1. The highest BCUT2D eigenvalue weighted by atomic mass is 16.7. The van der Waals surface area contributed by atoms with E-state index >= 15 is 0 Å². The molecule has 1 amide bonds. The van der Waals surface area contributed by atoms with Crippen molar-refractivity contribution in [2.45, 2.75) is 0 Å². The van der Waals surface area contributed by atoms with Crippen LogP contribution in [0.4, 0.5) is 0 Å². The molecule has 0 atom stereocenters. The van der Waals surface area contributed by atoms with E-state index in [1.807, 2.05) is 0 Å². The van der Waals surface area contributed by atoms with Gasteiger partial charge in [0.2, 0.25) is 6.79 Å². The Morgan fingerprint density at radius 3 is 3.04 bits per heavy atom. The van der Waals surface area contributed by atoms with Gasteiger partial charge in [0.1, 0.15) is 18.1 Å². The fourth-order valence-corrected chi connectivity index (χ4v) is 1.83. The molecule has 1 N–H and O–H groups in total. The topological polar surface area (TPSA) is 82.6 Å². The minimum atomic E-state index is -0.316. The van der Waals surface area contributed by atoms with Crippen LogP contribution in [0.25, 0.3) is 0 Å². The van der Waals surface area contributed by atoms with Crippen LogP contribution < -0.4 is 19.5 Å². The number of ether oxygens (including phenoxy) is 3. The van der Waals surface area contributed by atoms with Crippen LogP contribution in [-0.4, -0.2) is 35.8 Å². The maximum absolute atomic E-state index is 11.7. The first-order valence-electron chi connectivity index (χ1n) is 6.85. The minimum Gasteiger partial charge on any atom is -0.481 e. The van der Waals surface area contributed by atoms with E-state index in [4.69, 9.17) is 14.2 Å². The zero-order chi connectivity index (χ0) is 15.9. The lowest BCUT2D eigenvalue weighted by Gasteiger charge is -2.03. The Balaban J connectivity index is 1.41. The van der Waals surface area contributed by atoms with Gasteiger partial charge in [-0.05, 0) is 12.1 Å². The van der Waals surface area contributed by atoms with Gasteiger partial charge in [-0.25, -0.2) is 4.98 Å². The third kappa shape index (κ3) is 3.89. The molecule has 1 aromatic carbocycles. The summed E-state index contributed by atoms with van der Waals surface area (Å²) < 4.78 is 15.9. The predicted molar refractivity (Wildman–Crippen MR) is 80.2 cm³/mol. The normalized spacial score (nSPS) is 11.3.